The lowest BCUT2D eigenvalue weighted by Gasteiger charge is -2.06. The van der Waals surface area contributed by atoms with E-state index in [0.29, 0.717) is 10.9 Å². The number of thiazole rings is 1. The topological polar surface area (TPSA) is 67.8 Å². The highest BCUT2D eigenvalue weighted by Crippen LogP contribution is 2.41. The first kappa shape index (κ1) is 16.3. The minimum Gasteiger partial charge on any atom is -0.301 e. The van der Waals surface area contributed by atoms with Crippen molar-refractivity contribution in [3.05, 3.63) is 22.0 Å². The second kappa shape index (κ2) is 6.99. The molecule has 0 aliphatic heterocycles. The molecule has 1 aliphatic carbocycles. The van der Waals surface area contributed by atoms with Gasteiger partial charge in [0.05, 0.1) is 5.75 Å². The van der Waals surface area contributed by atoms with Crippen LogP contribution in [0.4, 0.5) is 5.13 Å². The summed E-state index contributed by atoms with van der Waals surface area (Å²) in [6.45, 7) is 0. The highest BCUT2D eigenvalue weighted by Gasteiger charge is 2.22. The Labute approximate surface area is 155 Å². The summed E-state index contributed by atoms with van der Waals surface area (Å²) >= 11 is 6.23. The molecule has 5 nitrogen and oxygen atoms in total. The van der Waals surface area contributed by atoms with Gasteiger partial charge in [-0.25, -0.2) is 15.0 Å². The van der Waals surface area contributed by atoms with Crippen LogP contribution in [0.5, 0.6) is 0 Å². The number of carbonyl (C=O) groups is 1. The van der Waals surface area contributed by atoms with E-state index in [0.717, 1.165) is 33.2 Å². The average Bonchev–Trinajstić information content (AvgIpc) is 3.28. The molecule has 1 amide bonds. The van der Waals surface area contributed by atoms with Gasteiger partial charge in [-0.15, -0.1) is 22.7 Å². The van der Waals surface area contributed by atoms with E-state index in [1.54, 1.807) is 17.5 Å². The van der Waals surface area contributed by atoms with E-state index in [9.17, 15) is 4.79 Å². The average molecular weight is 395 g/mol. The molecule has 124 valence electrons. The van der Waals surface area contributed by atoms with Gasteiger partial charge < -0.3 is 5.32 Å². The van der Waals surface area contributed by atoms with E-state index in [4.69, 9.17) is 0 Å². The molecule has 0 aromatic carbocycles. The molecule has 3 aromatic heterocycles. The molecule has 3 aromatic rings. The van der Waals surface area contributed by atoms with E-state index >= 15 is 0 Å². The maximum atomic E-state index is 12.1. The summed E-state index contributed by atoms with van der Waals surface area (Å²) in [6, 6.07) is 0. The van der Waals surface area contributed by atoms with Crippen molar-refractivity contribution in [3.63, 3.8) is 0 Å². The Morgan fingerprint density at radius 3 is 3.08 bits per heavy atom. The van der Waals surface area contributed by atoms with Crippen LogP contribution in [0.3, 0.4) is 0 Å². The minimum absolute atomic E-state index is 0.0562. The molecule has 24 heavy (non-hydrogen) atoms. The zero-order chi connectivity index (χ0) is 16.5. The molecule has 3 heterocycles. The Bertz CT molecular complexity index is 891. The maximum Gasteiger partial charge on any atom is 0.236 e. The van der Waals surface area contributed by atoms with E-state index in [2.05, 4.69) is 20.3 Å². The lowest BCUT2D eigenvalue weighted by atomic mass is 10.2. The maximum absolute atomic E-state index is 12.1. The zero-order valence-electron chi connectivity index (χ0n) is 12.9. The van der Waals surface area contributed by atoms with Gasteiger partial charge in [0.25, 0.3) is 0 Å². The van der Waals surface area contributed by atoms with Gasteiger partial charge in [-0.1, -0.05) is 23.5 Å². The fourth-order valence-electron chi connectivity index (χ4n) is 2.71. The SMILES string of the molecule is CSc1nc(SCC(=O)Nc2nccs2)c2c3c(sc2n1)CCC3. The van der Waals surface area contributed by atoms with Crippen molar-refractivity contribution in [1.29, 1.82) is 0 Å². The number of rotatable bonds is 5. The number of nitrogens with one attached hydrogen (secondary N) is 1. The van der Waals surface area contributed by atoms with Crippen molar-refractivity contribution in [3.8, 4) is 0 Å². The minimum atomic E-state index is -0.0562. The summed E-state index contributed by atoms with van der Waals surface area (Å²) in [5.41, 5.74) is 1.39. The van der Waals surface area contributed by atoms with Gasteiger partial charge in [-0.2, -0.15) is 0 Å². The lowest BCUT2D eigenvalue weighted by molar-refractivity contribution is -0.113. The normalized spacial score (nSPS) is 13.4. The Kier molecular flexibility index (Phi) is 4.75. The zero-order valence-corrected chi connectivity index (χ0v) is 16.1. The Morgan fingerprint density at radius 2 is 2.29 bits per heavy atom. The monoisotopic (exact) mass is 394 g/mol. The summed E-state index contributed by atoms with van der Waals surface area (Å²) in [6.07, 6.45) is 7.10. The number of carbonyl (C=O) groups excluding carboxylic acids is 1. The smallest absolute Gasteiger partial charge is 0.236 e. The van der Waals surface area contributed by atoms with Crippen molar-refractivity contribution in [2.75, 3.05) is 17.3 Å². The van der Waals surface area contributed by atoms with Crippen LogP contribution >= 0.6 is 46.2 Å². The van der Waals surface area contributed by atoms with Gasteiger partial charge in [0.1, 0.15) is 9.86 Å². The predicted molar refractivity (Wildman–Crippen MR) is 103 cm³/mol. The van der Waals surface area contributed by atoms with E-state index < -0.39 is 0 Å². The van der Waals surface area contributed by atoms with Crippen LogP contribution in [0.2, 0.25) is 0 Å². The fourth-order valence-corrected chi connectivity index (χ4v) is 5.92. The molecule has 0 bridgehead atoms. The van der Waals surface area contributed by atoms with Gasteiger partial charge in [-0.05, 0) is 31.1 Å². The molecule has 1 aliphatic rings. The van der Waals surface area contributed by atoms with Gasteiger partial charge in [-0.3, -0.25) is 4.79 Å². The number of fused-ring (bicyclic) bond motifs is 3. The molecule has 1 N–H and O–H groups in total. The van der Waals surface area contributed by atoms with Crippen LogP contribution in [0.25, 0.3) is 10.2 Å². The number of amides is 1. The lowest BCUT2D eigenvalue weighted by Crippen LogP contribution is -2.14. The standard InChI is InChI=1S/C15H14N4OS4/c1-21-15-18-12(23-7-10(20)17-14-16-5-6-22-14)11-8-3-2-4-9(8)24-13(11)19-15/h5-6H,2-4,7H2,1H3,(H,16,17,20). The second-order valence-electron chi connectivity index (χ2n) is 5.23. The number of nitrogens with zero attached hydrogens (tertiary/aromatic N) is 3. The third-order valence-electron chi connectivity index (χ3n) is 3.71. The van der Waals surface area contributed by atoms with Crippen molar-refractivity contribution in [2.24, 2.45) is 0 Å². The van der Waals surface area contributed by atoms with E-state index in [1.165, 1.54) is 51.7 Å². The van der Waals surface area contributed by atoms with Crippen LogP contribution < -0.4 is 5.32 Å². The molecular weight excluding hydrogens is 380 g/mol. The van der Waals surface area contributed by atoms with Gasteiger partial charge in [0, 0.05) is 21.8 Å². The molecule has 0 saturated heterocycles. The number of hydrogen-bond donors (Lipinski definition) is 1. The second-order valence-corrected chi connectivity index (χ2v) is 8.94. The Hall–Kier alpha value is -1.16. The molecule has 9 heteroatoms. The Balaban J connectivity index is 1.59. The predicted octanol–water partition coefficient (Wildman–Crippen LogP) is 4.09. The highest BCUT2D eigenvalue weighted by atomic mass is 32.2. The largest absolute Gasteiger partial charge is 0.301 e. The van der Waals surface area contributed by atoms with Crippen molar-refractivity contribution in [1.82, 2.24) is 15.0 Å². The Morgan fingerprint density at radius 1 is 1.38 bits per heavy atom. The van der Waals surface area contributed by atoms with Crippen LogP contribution in [-0.4, -0.2) is 32.9 Å². The first-order chi connectivity index (χ1) is 11.7. The molecule has 0 unspecified atom stereocenters. The number of thiophene rings is 1. The summed E-state index contributed by atoms with van der Waals surface area (Å²) in [5.74, 6) is 0.267. The van der Waals surface area contributed by atoms with E-state index in [-0.39, 0.29) is 5.91 Å². The first-order valence-corrected chi connectivity index (χ1v) is 11.3. The van der Waals surface area contributed by atoms with Crippen LogP contribution in [0.1, 0.15) is 16.9 Å². The third-order valence-corrected chi connectivity index (χ3v) is 7.11. The van der Waals surface area contributed by atoms with Gasteiger partial charge >= 0.3 is 0 Å². The summed E-state index contributed by atoms with van der Waals surface area (Å²) in [7, 11) is 0. The molecule has 0 atom stereocenters. The molecule has 0 saturated carbocycles. The molecular formula is C15H14N4OS4. The number of hydrogen-bond acceptors (Lipinski definition) is 8. The quantitative estimate of drug-likeness (QED) is 0.399. The summed E-state index contributed by atoms with van der Waals surface area (Å²) in [5, 5.41) is 8.16. The number of aromatic nitrogens is 3. The molecule has 4 rings (SSSR count). The highest BCUT2D eigenvalue weighted by molar-refractivity contribution is 8.00. The summed E-state index contributed by atoms with van der Waals surface area (Å²) < 4.78 is 0. The van der Waals surface area contributed by atoms with Crippen molar-refractivity contribution < 1.29 is 4.79 Å². The molecule has 0 fully saturated rings. The first-order valence-electron chi connectivity index (χ1n) is 7.43. The molecule has 0 spiro atoms. The van der Waals surface area contributed by atoms with Crippen molar-refractivity contribution in [2.45, 2.75) is 29.4 Å². The fraction of sp³-hybridized carbons (Fsp3) is 0.333. The van der Waals surface area contributed by atoms with E-state index in [1.807, 2.05) is 11.6 Å². The van der Waals surface area contributed by atoms with Crippen molar-refractivity contribution >= 4 is 67.5 Å². The van der Waals surface area contributed by atoms with Gasteiger partial charge in [0.2, 0.25) is 5.91 Å². The van der Waals surface area contributed by atoms with Crippen LogP contribution in [-0.2, 0) is 17.6 Å². The van der Waals surface area contributed by atoms with Crippen LogP contribution in [0.15, 0.2) is 21.8 Å². The summed E-state index contributed by atoms with van der Waals surface area (Å²) in [4.78, 5) is 28.0. The number of anilines is 1. The third kappa shape index (κ3) is 3.17. The van der Waals surface area contributed by atoms with Crippen LogP contribution in [0, 0.1) is 0 Å². The van der Waals surface area contributed by atoms with Gasteiger partial charge in [0.15, 0.2) is 10.3 Å². The number of aryl methyl sites for hydroxylation is 2. The molecule has 0 radical (unpaired) electrons. The number of thioether (sulfide) groups is 2.